The Morgan fingerprint density at radius 1 is 1.05 bits per heavy atom. The smallest absolute Gasteiger partial charge is 0.212 e. The van der Waals surface area contributed by atoms with Gasteiger partial charge >= 0.3 is 0 Å². The number of para-hydroxylation sites is 1. The molecule has 0 aromatic heterocycles. The molecule has 5 nitrogen and oxygen atoms in total. The van der Waals surface area contributed by atoms with E-state index in [-0.39, 0.29) is 5.96 Å². The van der Waals surface area contributed by atoms with Crippen LogP contribution in [-0.4, -0.2) is 13.1 Å². The molecular weight excluding hydrogens is 240 g/mol. The number of hydrazine groups is 1. The highest BCUT2D eigenvalue weighted by molar-refractivity contribution is 5.82. The molecule has 98 valence electrons. The number of rotatable bonds is 4. The van der Waals surface area contributed by atoms with Crippen LogP contribution < -0.4 is 21.3 Å². The number of benzene rings is 2. The van der Waals surface area contributed by atoms with E-state index in [1.54, 1.807) is 7.11 Å². The number of nitrogens with one attached hydrogen (secondary N) is 2. The third kappa shape index (κ3) is 3.92. The van der Waals surface area contributed by atoms with E-state index in [2.05, 4.69) is 15.8 Å². The number of aliphatic imine (C=N–C) groups is 1. The van der Waals surface area contributed by atoms with Gasteiger partial charge in [0, 0.05) is 0 Å². The molecule has 0 radical (unpaired) electrons. The minimum absolute atomic E-state index is 0.286. The average molecular weight is 256 g/mol. The van der Waals surface area contributed by atoms with Gasteiger partial charge in [-0.25, -0.2) is 4.99 Å². The van der Waals surface area contributed by atoms with Gasteiger partial charge in [-0.2, -0.15) is 0 Å². The largest absolute Gasteiger partial charge is 0.497 e. The SMILES string of the molecule is COc1ccc(N=C(N)NNc2ccccc2)cc1. The van der Waals surface area contributed by atoms with Crippen molar-refractivity contribution in [1.82, 2.24) is 5.43 Å². The van der Waals surface area contributed by atoms with Crippen LogP contribution in [0.2, 0.25) is 0 Å². The lowest BCUT2D eigenvalue weighted by molar-refractivity contribution is 0.415. The van der Waals surface area contributed by atoms with Crippen molar-refractivity contribution in [2.45, 2.75) is 0 Å². The van der Waals surface area contributed by atoms with Crippen LogP contribution >= 0.6 is 0 Å². The summed E-state index contributed by atoms with van der Waals surface area (Å²) < 4.78 is 5.07. The number of nitrogens with zero attached hydrogens (tertiary/aromatic N) is 1. The molecule has 5 heteroatoms. The summed E-state index contributed by atoms with van der Waals surface area (Å²) in [5.41, 5.74) is 13.2. The molecule has 0 saturated carbocycles. The molecule has 0 heterocycles. The zero-order chi connectivity index (χ0) is 13.5. The maximum Gasteiger partial charge on any atom is 0.212 e. The molecule has 4 N–H and O–H groups in total. The lowest BCUT2D eigenvalue weighted by Gasteiger charge is -2.08. The summed E-state index contributed by atoms with van der Waals surface area (Å²) in [5, 5.41) is 0. The molecule has 2 aromatic rings. The van der Waals surface area contributed by atoms with Gasteiger partial charge in [0.2, 0.25) is 5.96 Å². The molecular formula is C14H16N4O. The predicted octanol–water partition coefficient (Wildman–Crippen LogP) is 2.26. The normalized spacial score (nSPS) is 10.9. The Balaban J connectivity index is 1.94. The molecule has 0 saturated heterocycles. The lowest BCUT2D eigenvalue weighted by atomic mass is 10.3. The molecule has 19 heavy (non-hydrogen) atoms. The lowest BCUT2D eigenvalue weighted by Crippen LogP contribution is -2.35. The molecule has 2 aromatic carbocycles. The topological polar surface area (TPSA) is 71.7 Å². The van der Waals surface area contributed by atoms with Crippen LogP contribution in [0.1, 0.15) is 0 Å². The molecule has 0 fully saturated rings. The van der Waals surface area contributed by atoms with Gasteiger partial charge < -0.3 is 10.5 Å². The quantitative estimate of drug-likeness (QED) is 0.446. The maximum atomic E-state index is 5.77. The number of ether oxygens (including phenoxy) is 1. The molecule has 0 aliphatic carbocycles. The van der Waals surface area contributed by atoms with Gasteiger partial charge in [0.1, 0.15) is 5.75 Å². The molecule has 0 bridgehead atoms. The van der Waals surface area contributed by atoms with Crippen molar-refractivity contribution in [3.05, 3.63) is 54.6 Å². The number of guanidine groups is 1. The summed E-state index contributed by atoms with van der Waals surface area (Å²) in [6.45, 7) is 0. The summed E-state index contributed by atoms with van der Waals surface area (Å²) in [5.74, 6) is 1.07. The van der Waals surface area contributed by atoms with E-state index >= 15 is 0 Å². The van der Waals surface area contributed by atoms with E-state index in [0.717, 1.165) is 17.1 Å². The van der Waals surface area contributed by atoms with Crippen LogP contribution in [-0.2, 0) is 0 Å². The van der Waals surface area contributed by atoms with Gasteiger partial charge in [-0.3, -0.25) is 10.9 Å². The van der Waals surface area contributed by atoms with Crippen molar-refractivity contribution in [3.63, 3.8) is 0 Å². The van der Waals surface area contributed by atoms with E-state index in [9.17, 15) is 0 Å². The maximum absolute atomic E-state index is 5.77. The number of methoxy groups -OCH3 is 1. The molecule has 0 spiro atoms. The van der Waals surface area contributed by atoms with Crippen molar-refractivity contribution >= 4 is 17.3 Å². The fourth-order valence-electron chi connectivity index (χ4n) is 1.48. The highest BCUT2D eigenvalue weighted by atomic mass is 16.5. The third-order valence-corrected chi connectivity index (χ3v) is 2.43. The minimum Gasteiger partial charge on any atom is -0.497 e. The van der Waals surface area contributed by atoms with Crippen molar-refractivity contribution in [1.29, 1.82) is 0 Å². The highest BCUT2D eigenvalue weighted by Gasteiger charge is 1.95. The first-order valence-corrected chi connectivity index (χ1v) is 5.83. The van der Waals surface area contributed by atoms with E-state index in [1.165, 1.54) is 0 Å². The standard InChI is InChI=1S/C14H16N4O/c1-19-13-9-7-11(8-10-13)16-14(15)18-17-12-5-3-2-4-6-12/h2-10,17H,1H3,(H3,15,16,18). The number of hydrogen-bond acceptors (Lipinski definition) is 3. The Labute approximate surface area is 112 Å². The van der Waals surface area contributed by atoms with Crippen molar-refractivity contribution < 1.29 is 4.74 Å². The molecule has 0 aliphatic rings. The summed E-state index contributed by atoms with van der Waals surface area (Å²) in [4.78, 5) is 4.21. The van der Waals surface area contributed by atoms with Crippen molar-refractivity contribution in [3.8, 4) is 5.75 Å². The van der Waals surface area contributed by atoms with E-state index in [4.69, 9.17) is 10.5 Å². The fraction of sp³-hybridized carbons (Fsp3) is 0.0714. The first kappa shape index (κ1) is 12.8. The monoisotopic (exact) mass is 256 g/mol. The van der Waals surface area contributed by atoms with Gasteiger partial charge in [-0.15, -0.1) is 0 Å². The zero-order valence-corrected chi connectivity index (χ0v) is 10.6. The Morgan fingerprint density at radius 3 is 2.37 bits per heavy atom. The predicted molar refractivity (Wildman–Crippen MR) is 77.5 cm³/mol. The molecule has 2 rings (SSSR count). The van der Waals surface area contributed by atoms with Crippen molar-refractivity contribution in [2.24, 2.45) is 10.7 Å². The van der Waals surface area contributed by atoms with Crippen LogP contribution in [0.25, 0.3) is 0 Å². The van der Waals surface area contributed by atoms with Crippen LogP contribution in [0.5, 0.6) is 5.75 Å². The molecule has 0 aliphatic heterocycles. The first-order chi connectivity index (χ1) is 9.28. The van der Waals surface area contributed by atoms with Gasteiger partial charge in [0.25, 0.3) is 0 Å². The summed E-state index contributed by atoms with van der Waals surface area (Å²) in [6, 6.07) is 17.0. The van der Waals surface area contributed by atoms with Gasteiger partial charge in [-0.05, 0) is 36.4 Å². The van der Waals surface area contributed by atoms with Crippen LogP contribution in [0.4, 0.5) is 11.4 Å². The number of anilines is 1. The van der Waals surface area contributed by atoms with Crippen LogP contribution in [0.15, 0.2) is 59.6 Å². The Kier molecular flexibility index (Phi) is 4.23. The number of nitrogens with two attached hydrogens (primary N) is 1. The highest BCUT2D eigenvalue weighted by Crippen LogP contribution is 2.17. The fourth-order valence-corrected chi connectivity index (χ4v) is 1.48. The van der Waals surface area contributed by atoms with Gasteiger partial charge in [0.05, 0.1) is 18.5 Å². The third-order valence-electron chi connectivity index (χ3n) is 2.43. The Hall–Kier alpha value is -2.69. The second kappa shape index (κ2) is 6.30. The summed E-state index contributed by atoms with van der Waals surface area (Å²) in [6.07, 6.45) is 0. The van der Waals surface area contributed by atoms with Gasteiger partial charge in [-0.1, -0.05) is 18.2 Å². The van der Waals surface area contributed by atoms with E-state index in [1.807, 2.05) is 54.6 Å². The second-order valence-corrected chi connectivity index (χ2v) is 3.81. The van der Waals surface area contributed by atoms with E-state index in [0.29, 0.717) is 0 Å². The Bertz CT molecular complexity index is 537. The summed E-state index contributed by atoms with van der Waals surface area (Å²) in [7, 11) is 1.62. The number of hydrogen-bond donors (Lipinski definition) is 3. The van der Waals surface area contributed by atoms with Crippen LogP contribution in [0.3, 0.4) is 0 Å². The van der Waals surface area contributed by atoms with E-state index < -0.39 is 0 Å². The minimum atomic E-state index is 0.286. The Morgan fingerprint density at radius 2 is 1.74 bits per heavy atom. The van der Waals surface area contributed by atoms with Gasteiger partial charge in [0.15, 0.2) is 0 Å². The molecule has 0 atom stereocenters. The average Bonchev–Trinajstić information content (AvgIpc) is 2.47. The summed E-state index contributed by atoms with van der Waals surface area (Å²) >= 11 is 0. The molecule has 0 unspecified atom stereocenters. The second-order valence-electron chi connectivity index (χ2n) is 3.81. The zero-order valence-electron chi connectivity index (χ0n) is 10.6. The van der Waals surface area contributed by atoms with Crippen LogP contribution in [0, 0.1) is 0 Å². The molecule has 0 amide bonds. The van der Waals surface area contributed by atoms with Crippen molar-refractivity contribution in [2.75, 3.05) is 12.5 Å². The first-order valence-electron chi connectivity index (χ1n) is 5.83.